The van der Waals surface area contributed by atoms with Crippen LogP contribution in [0.15, 0.2) is 72.8 Å². The molecule has 4 nitrogen and oxygen atoms in total. The lowest BCUT2D eigenvalue weighted by molar-refractivity contribution is 0.112. The van der Waals surface area contributed by atoms with E-state index in [1.165, 1.54) is 5.56 Å². The van der Waals surface area contributed by atoms with E-state index in [1.54, 1.807) is 13.2 Å². The summed E-state index contributed by atoms with van der Waals surface area (Å²) in [5, 5.41) is 0. The fraction of sp³-hybridized carbons (Fsp3) is 0.0833. The predicted molar refractivity (Wildman–Crippen MR) is 112 cm³/mol. The Morgan fingerprint density at radius 2 is 1.57 bits per heavy atom. The molecule has 1 aromatic heterocycles. The minimum Gasteiger partial charge on any atom is -0.497 e. The molecule has 0 bridgehead atoms. The Labute approximate surface area is 163 Å². The highest BCUT2D eigenvalue weighted by atomic mass is 16.5. The monoisotopic (exact) mass is 368 g/mol. The van der Waals surface area contributed by atoms with E-state index in [-0.39, 0.29) is 0 Å². The molecule has 1 N–H and O–H groups in total. The molecular weight excluding hydrogens is 348 g/mol. The smallest absolute Gasteiger partial charge is 0.150 e. The predicted octanol–water partition coefficient (Wildman–Crippen LogP) is 5.54. The van der Waals surface area contributed by atoms with Crippen LogP contribution in [-0.4, -0.2) is 23.4 Å². The standard InChI is InChI=1S/C24H20N2O2/c1-16-7-9-17(10-8-16)22-23(18-11-13-20(28-2)14-12-18)26-24(25-22)21-6-4-3-5-19(21)15-27/h3-15H,1-2H3,(H,25,26). The molecule has 0 aliphatic heterocycles. The van der Waals surface area contributed by atoms with E-state index in [0.717, 1.165) is 40.1 Å². The lowest BCUT2D eigenvalue weighted by Gasteiger charge is -2.05. The average Bonchev–Trinajstić information content (AvgIpc) is 3.19. The van der Waals surface area contributed by atoms with Gasteiger partial charge in [-0.1, -0.05) is 54.1 Å². The third-order valence-corrected chi connectivity index (χ3v) is 4.75. The molecule has 0 saturated heterocycles. The number of nitrogens with one attached hydrogen (secondary N) is 1. The van der Waals surface area contributed by atoms with Gasteiger partial charge in [0, 0.05) is 22.3 Å². The molecule has 0 unspecified atom stereocenters. The van der Waals surface area contributed by atoms with Gasteiger partial charge in [-0.2, -0.15) is 0 Å². The Balaban J connectivity index is 1.90. The summed E-state index contributed by atoms with van der Waals surface area (Å²) in [4.78, 5) is 19.8. The highest BCUT2D eigenvalue weighted by Gasteiger charge is 2.17. The van der Waals surface area contributed by atoms with Crippen LogP contribution in [0, 0.1) is 6.92 Å². The normalized spacial score (nSPS) is 10.6. The second-order valence-corrected chi connectivity index (χ2v) is 6.61. The van der Waals surface area contributed by atoms with Gasteiger partial charge in [-0.15, -0.1) is 0 Å². The molecular formula is C24H20N2O2. The number of carbonyl (C=O) groups is 1. The number of methoxy groups -OCH3 is 1. The van der Waals surface area contributed by atoms with Crippen molar-refractivity contribution in [3.63, 3.8) is 0 Å². The molecule has 138 valence electrons. The summed E-state index contributed by atoms with van der Waals surface area (Å²) < 4.78 is 5.27. The summed E-state index contributed by atoms with van der Waals surface area (Å²) in [5.74, 6) is 1.46. The van der Waals surface area contributed by atoms with Gasteiger partial charge < -0.3 is 9.72 Å². The SMILES string of the molecule is COc1ccc(-c2nc(-c3ccccc3C=O)[nH]c2-c2ccc(C)cc2)cc1. The van der Waals surface area contributed by atoms with Gasteiger partial charge in [-0.05, 0) is 31.2 Å². The Morgan fingerprint density at radius 3 is 2.25 bits per heavy atom. The van der Waals surface area contributed by atoms with Crippen molar-refractivity contribution in [1.29, 1.82) is 0 Å². The molecule has 0 amide bonds. The number of carbonyl (C=O) groups excluding carboxylic acids is 1. The zero-order valence-electron chi connectivity index (χ0n) is 15.8. The number of ether oxygens (including phenoxy) is 1. The quantitative estimate of drug-likeness (QED) is 0.471. The number of aryl methyl sites for hydroxylation is 1. The fourth-order valence-electron chi connectivity index (χ4n) is 3.20. The number of nitrogens with zero attached hydrogens (tertiary/aromatic N) is 1. The molecule has 0 radical (unpaired) electrons. The summed E-state index contributed by atoms with van der Waals surface area (Å²) in [6, 6.07) is 23.6. The molecule has 0 fully saturated rings. The van der Waals surface area contributed by atoms with E-state index < -0.39 is 0 Å². The Morgan fingerprint density at radius 1 is 0.893 bits per heavy atom. The number of aromatic amines is 1. The summed E-state index contributed by atoms with van der Waals surface area (Å²) >= 11 is 0. The molecule has 0 saturated carbocycles. The number of imidazole rings is 1. The molecule has 0 spiro atoms. The maximum atomic E-state index is 11.5. The van der Waals surface area contributed by atoms with Crippen LogP contribution in [0.1, 0.15) is 15.9 Å². The number of aldehydes is 1. The van der Waals surface area contributed by atoms with Gasteiger partial charge >= 0.3 is 0 Å². The second kappa shape index (κ2) is 7.53. The third-order valence-electron chi connectivity index (χ3n) is 4.75. The van der Waals surface area contributed by atoms with E-state index in [9.17, 15) is 4.79 Å². The summed E-state index contributed by atoms with van der Waals surface area (Å²) in [5.41, 5.74) is 6.35. The second-order valence-electron chi connectivity index (χ2n) is 6.61. The van der Waals surface area contributed by atoms with Gasteiger partial charge in [0.05, 0.1) is 18.5 Å². The largest absolute Gasteiger partial charge is 0.497 e. The Kier molecular flexibility index (Phi) is 4.77. The minimum atomic E-state index is 0.605. The van der Waals surface area contributed by atoms with Crippen LogP contribution < -0.4 is 4.74 Å². The minimum absolute atomic E-state index is 0.605. The van der Waals surface area contributed by atoms with Crippen molar-refractivity contribution < 1.29 is 9.53 Å². The lowest BCUT2D eigenvalue weighted by Crippen LogP contribution is -1.88. The zero-order valence-corrected chi connectivity index (χ0v) is 15.8. The number of aromatic nitrogens is 2. The van der Waals surface area contributed by atoms with Crippen LogP contribution in [0.5, 0.6) is 5.75 Å². The van der Waals surface area contributed by atoms with Gasteiger partial charge in [-0.25, -0.2) is 4.98 Å². The Hall–Kier alpha value is -3.66. The molecule has 0 aliphatic rings. The number of benzene rings is 3. The first-order valence-corrected chi connectivity index (χ1v) is 9.05. The van der Waals surface area contributed by atoms with Crippen molar-refractivity contribution in [3.05, 3.63) is 83.9 Å². The fourth-order valence-corrected chi connectivity index (χ4v) is 3.20. The molecule has 4 aromatic rings. The number of hydrogen-bond donors (Lipinski definition) is 1. The zero-order chi connectivity index (χ0) is 19.5. The average molecular weight is 368 g/mol. The first-order chi connectivity index (χ1) is 13.7. The lowest BCUT2D eigenvalue weighted by atomic mass is 10.0. The number of H-pyrrole nitrogens is 1. The van der Waals surface area contributed by atoms with E-state index in [2.05, 4.69) is 36.2 Å². The van der Waals surface area contributed by atoms with Crippen molar-refractivity contribution >= 4 is 6.29 Å². The van der Waals surface area contributed by atoms with E-state index in [0.29, 0.717) is 11.4 Å². The van der Waals surface area contributed by atoms with E-state index >= 15 is 0 Å². The van der Waals surface area contributed by atoms with Gasteiger partial charge in [0.1, 0.15) is 11.6 Å². The van der Waals surface area contributed by atoms with Crippen molar-refractivity contribution in [2.45, 2.75) is 6.92 Å². The van der Waals surface area contributed by atoms with Gasteiger partial charge in [0.2, 0.25) is 0 Å². The van der Waals surface area contributed by atoms with Crippen LogP contribution in [0.3, 0.4) is 0 Å². The molecule has 28 heavy (non-hydrogen) atoms. The maximum absolute atomic E-state index is 11.5. The molecule has 0 aliphatic carbocycles. The molecule has 4 heteroatoms. The molecule has 0 atom stereocenters. The highest BCUT2D eigenvalue weighted by molar-refractivity contribution is 5.88. The van der Waals surface area contributed by atoms with Gasteiger partial charge in [-0.3, -0.25) is 4.79 Å². The van der Waals surface area contributed by atoms with Crippen LogP contribution >= 0.6 is 0 Å². The van der Waals surface area contributed by atoms with Crippen molar-refractivity contribution in [3.8, 4) is 39.7 Å². The van der Waals surface area contributed by atoms with Crippen LogP contribution in [0.4, 0.5) is 0 Å². The molecule has 3 aromatic carbocycles. The molecule has 1 heterocycles. The first kappa shape index (κ1) is 17.7. The van der Waals surface area contributed by atoms with Gasteiger partial charge in [0.15, 0.2) is 6.29 Å². The summed E-state index contributed by atoms with van der Waals surface area (Å²) in [6.45, 7) is 2.06. The summed E-state index contributed by atoms with van der Waals surface area (Å²) in [6.07, 6.45) is 0.858. The maximum Gasteiger partial charge on any atom is 0.150 e. The van der Waals surface area contributed by atoms with Crippen molar-refractivity contribution in [2.75, 3.05) is 7.11 Å². The van der Waals surface area contributed by atoms with E-state index in [4.69, 9.17) is 9.72 Å². The van der Waals surface area contributed by atoms with E-state index in [1.807, 2.05) is 42.5 Å². The van der Waals surface area contributed by atoms with Crippen LogP contribution in [-0.2, 0) is 0 Å². The van der Waals surface area contributed by atoms with Crippen molar-refractivity contribution in [2.24, 2.45) is 0 Å². The number of hydrogen-bond acceptors (Lipinski definition) is 3. The van der Waals surface area contributed by atoms with Crippen LogP contribution in [0.25, 0.3) is 33.9 Å². The van der Waals surface area contributed by atoms with Crippen LogP contribution in [0.2, 0.25) is 0 Å². The third kappa shape index (κ3) is 3.32. The van der Waals surface area contributed by atoms with Crippen molar-refractivity contribution in [1.82, 2.24) is 9.97 Å². The molecule has 4 rings (SSSR count). The Bertz CT molecular complexity index is 1110. The first-order valence-electron chi connectivity index (χ1n) is 9.05. The van der Waals surface area contributed by atoms with Gasteiger partial charge in [0.25, 0.3) is 0 Å². The highest BCUT2D eigenvalue weighted by Crippen LogP contribution is 2.34. The summed E-state index contributed by atoms with van der Waals surface area (Å²) in [7, 11) is 1.65. The number of rotatable bonds is 5. The topological polar surface area (TPSA) is 55.0 Å².